The maximum Gasteiger partial charge on any atom is 0.129 e. The molecule has 0 aliphatic carbocycles. The molecule has 3 heterocycles. The highest BCUT2D eigenvalue weighted by atomic mass is 19.1. The molecule has 1 fully saturated rings. The van der Waals surface area contributed by atoms with E-state index in [1.165, 1.54) is 25.1 Å². The molecule has 1 aromatic heterocycles. The van der Waals surface area contributed by atoms with E-state index in [1.54, 1.807) is 0 Å². The summed E-state index contributed by atoms with van der Waals surface area (Å²) in [6.45, 7) is 7.56. The number of halogens is 1. The molecule has 0 amide bonds. The summed E-state index contributed by atoms with van der Waals surface area (Å²) in [5.41, 5.74) is 2.14. The number of nitrogens with zero attached hydrogens (tertiary/aromatic N) is 3. The molecule has 2 aromatic rings. The van der Waals surface area contributed by atoms with Crippen LogP contribution in [0.3, 0.4) is 0 Å². The summed E-state index contributed by atoms with van der Waals surface area (Å²) in [5, 5.41) is 3.76. The van der Waals surface area contributed by atoms with Crippen molar-refractivity contribution >= 4 is 0 Å². The van der Waals surface area contributed by atoms with E-state index >= 15 is 0 Å². The zero-order valence-electron chi connectivity index (χ0n) is 14.3. The van der Waals surface area contributed by atoms with Crippen molar-refractivity contribution in [2.75, 3.05) is 26.2 Å². The van der Waals surface area contributed by atoms with Crippen LogP contribution < -0.4 is 5.32 Å². The number of imidazole rings is 1. The van der Waals surface area contributed by atoms with Crippen LogP contribution in [0, 0.1) is 5.82 Å². The van der Waals surface area contributed by atoms with E-state index in [-0.39, 0.29) is 11.4 Å². The summed E-state index contributed by atoms with van der Waals surface area (Å²) in [6.07, 6.45) is 5.37. The Bertz CT molecular complexity index is 699. The monoisotopic (exact) mass is 328 g/mol. The van der Waals surface area contributed by atoms with Crippen molar-refractivity contribution in [2.45, 2.75) is 38.3 Å². The van der Waals surface area contributed by atoms with E-state index in [9.17, 15) is 4.39 Å². The molecule has 1 aromatic carbocycles. The topological polar surface area (TPSA) is 33.1 Å². The van der Waals surface area contributed by atoms with Gasteiger partial charge in [0.05, 0.1) is 17.4 Å². The van der Waals surface area contributed by atoms with Crippen LogP contribution in [0.1, 0.15) is 32.0 Å². The Morgan fingerprint density at radius 2 is 1.92 bits per heavy atom. The van der Waals surface area contributed by atoms with E-state index in [0.717, 1.165) is 56.1 Å². The molecule has 1 spiro atoms. The number of nitrogens with one attached hydrogen (secondary N) is 1. The molecule has 0 bridgehead atoms. The molecule has 24 heavy (non-hydrogen) atoms. The Morgan fingerprint density at radius 3 is 2.62 bits per heavy atom. The molecule has 0 saturated carbocycles. The van der Waals surface area contributed by atoms with E-state index in [0.29, 0.717) is 0 Å². The molecular weight excluding hydrogens is 303 g/mol. The molecule has 4 rings (SSSR count). The Hall–Kier alpha value is -1.72. The lowest BCUT2D eigenvalue weighted by Gasteiger charge is -2.44. The molecule has 1 N–H and O–H groups in total. The Morgan fingerprint density at radius 1 is 1.17 bits per heavy atom. The van der Waals surface area contributed by atoms with Crippen LogP contribution in [0.5, 0.6) is 0 Å². The van der Waals surface area contributed by atoms with Crippen molar-refractivity contribution < 1.29 is 4.39 Å². The van der Waals surface area contributed by atoms with Crippen LogP contribution in [0.4, 0.5) is 4.39 Å². The first-order valence-corrected chi connectivity index (χ1v) is 9.01. The van der Waals surface area contributed by atoms with Crippen molar-refractivity contribution in [1.29, 1.82) is 0 Å². The summed E-state index contributed by atoms with van der Waals surface area (Å²) in [4.78, 5) is 7.34. The van der Waals surface area contributed by atoms with Gasteiger partial charge in [-0.1, -0.05) is 6.92 Å². The second kappa shape index (κ2) is 6.30. The molecule has 0 atom stereocenters. The maximum atomic E-state index is 13.2. The average molecular weight is 328 g/mol. The van der Waals surface area contributed by atoms with Crippen LogP contribution in [0.25, 0.3) is 11.3 Å². The quantitative estimate of drug-likeness (QED) is 0.940. The van der Waals surface area contributed by atoms with Gasteiger partial charge < -0.3 is 14.8 Å². The Balaban J connectivity index is 1.64. The van der Waals surface area contributed by atoms with Crippen molar-refractivity contribution in [3.8, 4) is 11.3 Å². The highest BCUT2D eigenvalue weighted by molar-refractivity contribution is 5.59. The van der Waals surface area contributed by atoms with Crippen molar-refractivity contribution in [3.05, 3.63) is 42.1 Å². The third-order valence-electron chi connectivity index (χ3n) is 5.47. The summed E-state index contributed by atoms with van der Waals surface area (Å²) < 4.78 is 15.5. The summed E-state index contributed by atoms with van der Waals surface area (Å²) in [6, 6.07) is 6.74. The molecule has 2 aliphatic heterocycles. The number of hydrogen-bond acceptors (Lipinski definition) is 3. The fraction of sp³-hybridized carbons (Fsp3) is 0.526. The molecule has 2 aliphatic rings. The normalized spacial score (nSPS) is 20.2. The molecule has 1 saturated heterocycles. The number of hydrogen-bond donors (Lipinski definition) is 1. The first kappa shape index (κ1) is 15.8. The standard InChI is InChI=1S/C19H25FN4/c1-2-10-23-11-7-19(8-12-23)18-21-14-17(24(18)13-9-22-19)15-3-5-16(20)6-4-15/h3-6,14,22H,2,7-13H2,1H3. The van der Waals surface area contributed by atoms with Gasteiger partial charge >= 0.3 is 0 Å². The smallest absolute Gasteiger partial charge is 0.129 e. The van der Waals surface area contributed by atoms with Crippen LogP contribution in [0.2, 0.25) is 0 Å². The highest BCUT2D eigenvalue weighted by Crippen LogP contribution is 2.36. The second-order valence-corrected chi connectivity index (χ2v) is 6.98. The van der Waals surface area contributed by atoms with Crippen molar-refractivity contribution in [1.82, 2.24) is 19.8 Å². The molecule has 0 radical (unpaired) electrons. The minimum absolute atomic E-state index is 0.000766. The van der Waals surface area contributed by atoms with E-state index in [2.05, 4.69) is 21.7 Å². The average Bonchev–Trinajstić information content (AvgIpc) is 3.04. The number of aromatic nitrogens is 2. The maximum absolute atomic E-state index is 13.2. The molecule has 128 valence electrons. The van der Waals surface area contributed by atoms with Gasteiger partial charge in [0.2, 0.25) is 0 Å². The first-order valence-electron chi connectivity index (χ1n) is 9.01. The van der Waals surface area contributed by atoms with Gasteiger partial charge in [-0.15, -0.1) is 0 Å². The zero-order chi connectivity index (χ0) is 16.6. The van der Waals surface area contributed by atoms with Crippen LogP contribution in [-0.4, -0.2) is 40.6 Å². The zero-order valence-corrected chi connectivity index (χ0v) is 14.3. The van der Waals surface area contributed by atoms with Gasteiger partial charge in [-0.2, -0.15) is 0 Å². The predicted octanol–water partition coefficient (Wildman–Crippen LogP) is 2.99. The molecular formula is C19H25FN4. The molecule has 4 nitrogen and oxygen atoms in total. The van der Waals surface area contributed by atoms with Gasteiger partial charge in [-0.05, 0) is 55.6 Å². The number of rotatable bonds is 3. The second-order valence-electron chi connectivity index (χ2n) is 6.98. The third kappa shape index (κ3) is 2.66. The van der Waals surface area contributed by atoms with Gasteiger partial charge in [-0.3, -0.25) is 0 Å². The van der Waals surface area contributed by atoms with Gasteiger partial charge in [-0.25, -0.2) is 9.37 Å². The van der Waals surface area contributed by atoms with Gasteiger partial charge in [0, 0.05) is 26.2 Å². The van der Waals surface area contributed by atoms with Crippen LogP contribution >= 0.6 is 0 Å². The lowest BCUT2D eigenvalue weighted by atomic mass is 9.85. The molecule has 0 unspecified atom stereocenters. The largest absolute Gasteiger partial charge is 0.325 e. The minimum atomic E-state index is -0.196. The lowest BCUT2D eigenvalue weighted by molar-refractivity contribution is 0.114. The third-order valence-corrected chi connectivity index (χ3v) is 5.47. The highest BCUT2D eigenvalue weighted by Gasteiger charge is 2.41. The Labute approximate surface area is 142 Å². The van der Waals surface area contributed by atoms with Crippen LogP contribution in [-0.2, 0) is 12.1 Å². The summed E-state index contributed by atoms with van der Waals surface area (Å²) >= 11 is 0. The lowest BCUT2D eigenvalue weighted by Crippen LogP contribution is -2.55. The SMILES string of the molecule is CCCN1CCC2(CC1)NCCn1c(-c3ccc(F)cc3)cnc12. The fourth-order valence-corrected chi connectivity index (χ4v) is 4.20. The van der Waals surface area contributed by atoms with Gasteiger partial charge in [0.25, 0.3) is 0 Å². The van der Waals surface area contributed by atoms with E-state index < -0.39 is 0 Å². The van der Waals surface area contributed by atoms with Crippen molar-refractivity contribution in [2.24, 2.45) is 0 Å². The van der Waals surface area contributed by atoms with Gasteiger partial charge in [0.15, 0.2) is 0 Å². The van der Waals surface area contributed by atoms with E-state index in [1.807, 2.05) is 18.3 Å². The molecule has 5 heteroatoms. The van der Waals surface area contributed by atoms with Gasteiger partial charge in [0.1, 0.15) is 11.6 Å². The Kier molecular flexibility index (Phi) is 4.14. The summed E-state index contributed by atoms with van der Waals surface area (Å²) in [5.74, 6) is 0.961. The number of likely N-dealkylation sites (tertiary alicyclic amines) is 1. The number of piperidine rings is 1. The fourth-order valence-electron chi connectivity index (χ4n) is 4.20. The summed E-state index contributed by atoms with van der Waals surface area (Å²) in [7, 11) is 0. The van der Waals surface area contributed by atoms with E-state index in [4.69, 9.17) is 4.98 Å². The van der Waals surface area contributed by atoms with Crippen molar-refractivity contribution in [3.63, 3.8) is 0 Å². The predicted molar refractivity (Wildman–Crippen MR) is 93.3 cm³/mol. The number of fused-ring (bicyclic) bond motifs is 2. The van der Waals surface area contributed by atoms with Crippen LogP contribution in [0.15, 0.2) is 30.5 Å². The minimum Gasteiger partial charge on any atom is -0.325 e. The number of benzene rings is 1. The first-order chi connectivity index (χ1) is 11.7.